The zero-order valence-corrected chi connectivity index (χ0v) is 14.1. The summed E-state index contributed by atoms with van der Waals surface area (Å²) in [5.41, 5.74) is 3.32. The third-order valence-corrected chi connectivity index (χ3v) is 4.09. The average molecular weight is 340 g/mol. The van der Waals surface area contributed by atoms with Crippen LogP contribution in [0.4, 0.5) is 4.79 Å². The van der Waals surface area contributed by atoms with Gasteiger partial charge in [0.25, 0.3) is 5.91 Å². The summed E-state index contributed by atoms with van der Waals surface area (Å²) in [4.78, 5) is 34.2. The van der Waals surface area contributed by atoms with Gasteiger partial charge in [0, 0.05) is 37.9 Å². The number of nitrogens with zero attached hydrogens (tertiary/aromatic N) is 3. The van der Waals surface area contributed by atoms with Gasteiger partial charge in [0.2, 0.25) is 0 Å². The summed E-state index contributed by atoms with van der Waals surface area (Å²) in [6.07, 6.45) is 6.97. The molecular weight excluding hydrogens is 320 g/mol. The van der Waals surface area contributed by atoms with Crippen molar-refractivity contribution < 1.29 is 14.3 Å². The predicted octanol–water partition coefficient (Wildman–Crippen LogP) is 1.92. The molecule has 2 aromatic heterocycles. The molecule has 0 saturated carbocycles. The fraction of sp³-hybridized carbons (Fsp3) is 0.333. The van der Waals surface area contributed by atoms with Crippen molar-refractivity contribution in [2.75, 3.05) is 13.2 Å². The normalized spacial score (nSPS) is 13.1. The van der Waals surface area contributed by atoms with Crippen LogP contribution in [0.25, 0.3) is 0 Å². The van der Waals surface area contributed by atoms with Gasteiger partial charge < -0.3 is 15.0 Å². The lowest BCUT2D eigenvalue weighted by atomic mass is 9.97. The van der Waals surface area contributed by atoms with E-state index in [4.69, 9.17) is 4.74 Å². The van der Waals surface area contributed by atoms with Crippen LogP contribution in [0.3, 0.4) is 0 Å². The molecule has 1 N–H and O–H groups in total. The second kappa shape index (κ2) is 7.74. The number of rotatable bonds is 4. The summed E-state index contributed by atoms with van der Waals surface area (Å²) in [6, 6.07) is 3.74. The Balaban J connectivity index is 1.71. The molecule has 2 amide bonds. The lowest BCUT2D eigenvalue weighted by molar-refractivity contribution is 0.0947. The van der Waals surface area contributed by atoms with Crippen LogP contribution >= 0.6 is 0 Å². The van der Waals surface area contributed by atoms with E-state index in [9.17, 15) is 9.59 Å². The number of hydrogen-bond donors (Lipinski definition) is 1. The maximum absolute atomic E-state index is 12.5. The number of amides is 2. The van der Waals surface area contributed by atoms with Crippen molar-refractivity contribution in [3.63, 3.8) is 0 Å². The maximum atomic E-state index is 12.5. The first-order valence-electron chi connectivity index (χ1n) is 8.23. The van der Waals surface area contributed by atoms with Crippen LogP contribution in [0.1, 0.15) is 34.0 Å². The minimum Gasteiger partial charge on any atom is -0.450 e. The SMILES string of the molecule is CCOC(=O)N1CCc2c(cncc2C(=O)NCc2cccnc2)C1. The largest absolute Gasteiger partial charge is 0.450 e. The Morgan fingerprint density at radius 2 is 2.16 bits per heavy atom. The molecule has 0 bridgehead atoms. The Morgan fingerprint density at radius 3 is 2.92 bits per heavy atom. The molecule has 0 aliphatic carbocycles. The third kappa shape index (κ3) is 3.93. The zero-order valence-electron chi connectivity index (χ0n) is 14.1. The highest BCUT2D eigenvalue weighted by molar-refractivity contribution is 5.95. The molecule has 2 aromatic rings. The Kier molecular flexibility index (Phi) is 5.23. The number of fused-ring (bicyclic) bond motifs is 1. The number of ether oxygens (including phenoxy) is 1. The predicted molar refractivity (Wildman–Crippen MR) is 90.8 cm³/mol. The molecule has 1 aliphatic heterocycles. The molecule has 3 rings (SSSR count). The first kappa shape index (κ1) is 16.9. The zero-order chi connectivity index (χ0) is 17.6. The highest BCUT2D eigenvalue weighted by Crippen LogP contribution is 2.22. The first-order chi connectivity index (χ1) is 12.2. The average Bonchev–Trinajstić information content (AvgIpc) is 2.66. The number of nitrogens with one attached hydrogen (secondary N) is 1. The van der Waals surface area contributed by atoms with E-state index in [-0.39, 0.29) is 12.0 Å². The third-order valence-electron chi connectivity index (χ3n) is 4.09. The van der Waals surface area contributed by atoms with Crippen molar-refractivity contribution in [3.8, 4) is 0 Å². The molecule has 0 saturated heterocycles. The van der Waals surface area contributed by atoms with E-state index in [0.717, 1.165) is 16.7 Å². The second-order valence-electron chi connectivity index (χ2n) is 5.74. The van der Waals surface area contributed by atoms with Gasteiger partial charge in [-0.3, -0.25) is 14.8 Å². The van der Waals surface area contributed by atoms with Gasteiger partial charge in [-0.25, -0.2) is 4.79 Å². The number of aromatic nitrogens is 2. The van der Waals surface area contributed by atoms with Gasteiger partial charge in [-0.2, -0.15) is 0 Å². The molecule has 0 fully saturated rings. The second-order valence-corrected chi connectivity index (χ2v) is 5.74. The lowest BCUT2D eigenvalue weighted by Crippen LogP contribution is -2.37. The molecule has 25 heavy (non-hydrogen) atoms. The van der Waals surface area contributed by atoms with Gasteiger partial charge in [0.15, 0.2) is 0 Å². The number of carbonyl (C=O) groups excluding carboxylic acids is 2. The van der Waals surface area contributed by atoms with E-state index in [1.165, 1.54) is 0 Å². The number of pyridine rings is 2. The Bertz CT molecular complexity index is 764. The molecule has 1 aliphatic rings. The fourth-order valence-electron chi connectivity index (χ4n) is 2.84. The van der Waals surface area contributed by atoms with Crippen LogP contribution in [-0.2, 0) is 24.2 Å². The molecule has 0 aromatic carbocycles. The number of hydrogen-bond acceptors (Lipinski definition) is 5. The first-order valence-corrected chi connectivity index (χ1v) is 8.23. The Hall–Kier alpha value is -2.96. The summed E-state index contributed by atoms with van der Waals surface area (Å²) >= 11 is 0. The summed E-state index contributed by atoms with van der Waals surface area (Å²) < 4.78 is 5.04. The van der Waals surface area contributed by atoms with Gasteiger partial charge in [-0.05, 0) is 36.1 Å². The van der Waals surface area contributed by atoms with E-state index in [0.29, 0.717) is 38.2 Å². The van der Waals surface area contributed by atoms with Crippen LogP contribution in [0.15, 0.2) is 36.9 Å². The molecule has 7 nitrogen and oxygen atoms in total. The summed E-state index contributed by atoms with van der Waals surface area (Å²) in [5, 5.41) is 2.90. The molecular formula is C18H20N4O3. The van der Waals surface area contributed by atoms with Crippen molar-refractivity contribution >= 4 is 12.0 Å². The molecule has 0 atom stereocenters. The van der Waals surface area contributed by atoms with E-state index in [1.54, 1.807) is 36.6 Å². The summed E-state index contributed by atoms with van der Waals surface area (Å²) in [6.45, 7) is 3.47. The smallest absolute Gasteiger partial charge is 0.410 e. The van der Waals surface area contributed by atoms with Crippen molar-refractivity contribution in [2.24, 2.45) is 0 Å². The highest BCUT2D eigenvalue weighted by Gasteiger charge is 2.25. The molecule has 0 unspecified atom stereocenters. The van der Waals surface area contributed by atoms with Crippen molar-refractivity contribution in [1.29, 1.82) is 0 Å². The standard InChI is InChI=1S/C18H20N4O3/c1-2-25-18(24)22-7-5-15-14(12-22)10-20-11-16(15)17(23)21-9-13-4-3-6-19-8-13/h3-4,6,8,10-11H,2,5,7,9,12H2,1H3,(H,21,23). The minimum atomic E-state index is -0.334. The van der Waals surface area contributed by atoms with E-state index in [2.05, 4.69) is 15.3 Å². The van der Waals surface area contributed by atoms with Crippen LogP contribution in [0.5, 0.6) is 0 Å². The molecule has 7 heteroatoms. The van der Waals surface area contributed by atoms with Crippen LogP contribution in [0, 0.1) is 0 Å². The molecule has 0 spiro atoms. The van der Waals surface area contributed by atoms with E-state index < -0.39 is 0 Å². The molecule has 130 valence electrons. The van der Waals surface area contributed by atoms with Crippen molar-refractivity contribution in [2.45, 2.75) is 26.4 Å². The van der Waals surface area contributed by atoms with Crippen molar-refractivity contribution in [3.05, 3.63) is 59.2 Å². The Labute approximate surface area is 146 Å². The maximum Gasteiger partial charge on any atom is 0.410 e. The van der Waals surface area contributed by atoms with E-state index in [1.807, 2.05) is 12.1 Å². The molecule has 0 radical (unpaired) electrons. The van der Waals surface area contributed by atoms with Gasteiger partial charge in [0.1, 0.15) is 0 Å². The fourth-order valence-corrected chi connectivity index (χ4v) is 2.84. The summed E-state index contributed by atoms with van der Waals surface area (Å²) in [7, 11) is 0. The van der Waals surface area contributed by atoms with Crippen molar-refractivity contribution in [1.82, 2.24) is 20.2 Å². The Morgan fingerprint density at radius 1 is 1.28 bits per heavy atom. The van der Waals surface area contributed by atoms with Gasteiger partial charge in [-0.1, -0.05) is 6.07 Å². The van der Waals surface area contributed by atoms with Crippen LogP contribution in [0.2, 0.25) is 0 Å². The lowest BCUT2D eigenvalue weighted by Gasteiger charge is -2.28. The van der Waals surface area contributed by atoms with Gasteiger partial charge in [0.05, 0.1) is 18.7 Å². The summed E-state index contributed by atoms with van der Waals surface area (Å²) in [5.74, 6) is -0.169. The van der Waals surface area contributed by atoms with Crippen LogP contribution in [-0.4, -0.2) is 40.0 Å². The number of carbonyl (C=O) groups is 2. The minimum absolute atomic E-state index is 0.169. The van der Waals surface area contributed by atoms with Gasteiger partial charge in [-0.15, -0.1) is 0 Å². The molecule has 3 heterocycles. The van der Waals surface area contributed by atoms with Gasteiger partial charge >= 0.3 is 6.09 Å². The van der Waals surface area contributed by atoms with E-state index >= 15 is 0 Å². The van der Waals surface area contributed by atoms with Crippen LogP contribution < -0.4 is 5.32 Å². The monoisotopic (exact) mass is 340 g/mol. The topological polar surface area (TPSA) is 84.4 Å². The quantitative estimate of drug-likeness (QED) is 0.919. The highest BCUT2D eigenvalue weighted by atomic mass is 16.6.